The van der Waals surface area contributed by atoms with Gasteiger partial charge in [0.05, 0.1) is 4.92 Å². The summed E-state index contributed by atoms with van der Waals surface area (Å²) in [7, 11) is 0. The molecule has 34 heavy (non-hydrogen) atoms. The fourth-order valence-corrected chi connectivity index (χ4v) is 3.11. The van der Waals surface area contributed by atoms with Crippen molar-refractivity contribution in [1.29, 1.82) is 0 Å². The van der Waals surface area contributed by atoms with Crippen molar-refractivity contribution in [3.05, 3.63) is 105 Å². The second kappa shape index (κ2) is 10.7. The lowest BCUT2D eigenvalue weighted by atomic mass is 10.1. The van der Waals surface area contributed by atoms with Crippen molar-refractivity contribution in [3.63, 3.8) is 0 Å². The van der Waals surface area contributed by atoms with E-state index < -0.39 is 16.7 Å². The number of hydrogen-bond acceptors (Lipinski definition) is 5. The van der Waals surface area contributed by atoms with Crippen molar-refractivity contribution in [2.75, 3.05) is 10.6 Å². The standard InChI is InChI=1S/C25H22N4O5/c1-16-13-20(11-12-22(16)28-24(31)19-8-4-3-5-9-19)27-25(32)23(26-17(2)30)15-18-7-6-10-21(14-18)29(33)34/h3-15H,1-2H3,(H,26,30)(H,27,32)(H,28,31)/b23-15-. The Bertz CT molecular complexity index is 1290. The van der Waals surface area contributed by atoms with E-state index in [1.807, 2.05) is 6.07 Å². The van der Waals surface area contributed by atoms with Crippen LogP contribution in [0.25, 0.3) is 6.08 Å². The Morgan fingerprint density at radius 3 is 2.29 bits per heavy atom. The Morgan fingerprint density at radius 1 is 0.912 bits per heavy atom. The van der Waals surface area contributed by atoms with Crippen molar-refractivity contribution in [3.8, 4) is 0 Å². The molecule has 0 unspecified atom stereocenters. The van der Waals surface area contributed by atoms with Crippen molar-refractivity contribution < 1.29 is 19.3 Å². The highest BCUT2D eigenvalue weighted by Crippen LogP contribution is 2.21. The van der Waals surface area contributed by atoms with Gasteiger partial charge in [0, 0.05) is 36.0 Å². The highest BCUT2D eigenvalue weighted by molar-refractivity contribution is 6.09. The number of carbonyl (C=O) groups excluding carboxylic acids is 3. The average Bonchev–Trinajstić information content (AvgIpc) is 2.80. The number of aryl methyl sites for hydroxylation is 1. The van der Waals surface area contributed by atoms with Gasteiger partial charge in [-0.05, 0) is 54.5 Å². The Labute approximate surface area is 195 Å². The van der Waals surface area contributed by atoms with Crippen LogP contribution in [-0.4, -0.2) is 22.6 Å². The van der Waals surface area contributed by atoms with Gasteiger partial charge in [-0.15, -0.1) is 0 Å². The molecule has 3 aromatic carbocycles. The first-order chi connectivity index (χ1) is 16.2. The number of rotatable bonds is 7. The number of benzene rings is 3. The second-order valence-electron chi connectivity index (χ2n) is 7.40. The van der Waals surface area contributed by atoms with Crippen molar-refractivity contribution in [1.82, 2.24) is 5.32 Å². The number of nitrogens with zero attached hydrogens (tertiary/aromatic N) is 1. The number of carbonyl (C=O) groups is 3. The Kier molecular flexibility index (Phi) is 7.50. The first kappa shape index (κ1) is 23.9. The van der Waals surface area contributed by atoms with E-state index >= 15 is 0 Å². The molecule has 0 fully saturated rings. The molecule has 9 nitrogen and oxygen atoms in total. The van der Waals surface area contributed by atoms with Gasteiger partial charge in [0.2, 0.25) is 5.91 Å². The molecular formula is C25H22N4O5. The van der Waals surface area contributed by atoms with E-state index in [4.69, 9.17) is 0 Å². The number of anilines is 2. The molecule has 0 saturated carbocycles. The zero-order chi connectivity index (χ0) is 24.7. The van der Waals surface area contributed by atoms with Crippen LogP contribution in [0.5, 0.6) is 0 Å². The highest BCUT2D eigenvalue weighted by Gasteiger charge is 2.14. The summed E-state index contributed by atoms with van der Waals surface area (Å²) in [5.74, 6) is -1.34. The first-order valence-corrected chi connectivity index (χ1v) is 10.2. The highest BCUT2D eigenvalue weighted by atomic mass is 16.6. The molecule has 0 aliphatic heterocycles. The molecule has 0 aromatic heterocycles. The normalized spacial score (nSPS) is 10.8. The van der Waals surface area contributed by atoms with Gasteiger partial charge in [-0.3, -0.25) is 24.5 Å². The SMILES string of the molecule is CC(=O)N/C(=C\c1cccc([N+](=O)[O-])c1)C(=O)Nc1ccc(NC(=O)c2ccccc2)c(C)c1. The molecule has 172 valence electrons. The number of nitro benzene ring substituents is 1. The predicted octanol–water partition coefficient (Wildman–Crippen LogP) is 4.27. The lowest BCUT2D eigenvalue weighted by Crippen LogP contribution is -2.29. The van der Waals surface area contributed by atoms with Crippen LogP contribution in [0.2, 0.25) is 0 Å². The van der Waals surface area contributed by atoms with Gasteiger partial charge >= 0.3 is 0 Å². The van der Waals surface area contributed by atoms with E-state index in [9.17, 15) is 24.5 Å². The molecule has 3 amide bonds. The van der Waals surface area contributed by atoms with Crippen molar-refractivity contribution >= 4 is 40.9 Å². The average molecular weight is 458 g/mol. The molecule has 0 aliphatic rings. The summed E-state index contributed by atoms with van der Waals surface area (Å²) >= 11 is 0. The van der Waals surface area contributed by atoms with E-state index in [0.29, 0.717) is 28.1 Å². The third-order valence-electron chi connectivity index (χ3n) is 4.72. The number of hydrogen-bond donors (Lipinski definition) is 3. The topological polar surface area (TPSA) is 130 Å². The van der Waals surface area contributed by atoms with Crippen LogP contribution >= 0.6 is 0 Å². The van der Waals surface area contributed by atoms with Crippen LogP contribution in [0.4, 0.5) is 17.1 Å². The van der Waals surface area contributed by atoms with Gasteiger partial charge in [0.15, 0.2) is 0 Å². The zero-order valence-electron chi connectivity index (χ0n) is 18.5. The van der Waals surface area contributed by atoms with Gasteiger partial charge in [-0.2, -0.15) is 0 Å². The van der Waals surface area contributed by atoms with E-state index in [2.05, 4.69) is 16.0 Å². The lowest BCUT2D eigenvalue weighted by Gasteiger charge is -2.13. The van der Waals surface area contributed by atoms with Gasteiger partial charge in [-0.1, -0.05) is 30.3 Å². The summed E-state index contributed by atoms with van der Waals surface area (Å²) in [6.07, 6.45) is 1.35. The van der Waals surface area contributed by atoms with Gasteiger partial charge in [-0.25, -0.2) is 0 Å². The maximum atomic E-state index is 12.8. The Morgan fingerprint density at radius 2 is 1.65 bits per heavy atom. The van der Waals surface area contributed by atoms with Crippen LogP contribution in [0.3, 0.4) is 0 Å². The number of nitro groups is 1. The van der Waals surface area contributed by atoms with Crippen molar-refractivity contribution in [2.45, 2.75) is 13.8 Å². The van der Waals surface area contributed by atoms with Crippen LogP contribution in [-0.2, 0) is 9.59 Å². The first-order valence-electron chi connectivity index (χ1n) is 10.2. The van der Waals surface area contributed by atoms with E-state index in [-0.39, 0.29) is 17.3 Å². The molecule has 0 bridgehead atoms. The van der Waals surface area contributed by atoms with E-state index in [1.165, 1.54) is 31.2 Å². The smallest absolute Gasteiger partial charge is 0.272 e. The molecule has 3 N–H and O–H groups in total. The minimum atomic E-state index is -0.609. The molecule has 0 spiro atoms. The van der Waals surface area contributed by atoms with Crippen LogP contribution in [0, 0.1) is 17.0 Å². The predicted molar refractivity (Wildman–Crippen MR) is 129 cm³/mol. The minimum absolute atomic E-state index is 0.0768. The Balaban J connectivity index is 1.78. The third kappa shape index (κ3) is 6.36. The molecule has 0 heterocycles. The van der Waals surface area contributed by atoms with Gasteiger partial charge in [0.25, 0.3) is 17.5 Å². The van der Waals surface area contributed by atoms with Gasteiger partial charge in [0.1, 0.15) is 5.70 Å². The third-order valence-corrected chi connectivity index (χ3v) is 4.72. The number of amides is 3. The molecule has 0 aliphatic carbocycles. The summed E-state index contributed by atoms with van der Waals surface area (Å²) in [6.45, 7) is 3.03. The maximum absolute atomic E-state index is 12.8. The molecule has 3 rings (SSSR count). The quantitative estimate of drug-likeness (QED) is 0.276. The molecule has 0 atom stereocenters. The Hall–Kier alpha value is -4.79. The fourth-order valence-electron chi connectivity index (χ4n) is 3.11. The van der Waals surface area contributed by atoms with Gasteiger partial charge < -0.3 is 16.0 Å². The largest absolute Gasteiger partial charge is 0.322 e. The molecular weight excluding hydrogens is 436 g/mol. The zero-order valence-corrected chi connectivity index (χ0v) is 18.5. The summed E-state index contributed by atoms with van der Waals surface area (Å²) < 4.78 is 0. The summed E-state index contributed by atoms with van der Waals surface area (Å²) in [5.41, 5.74) is 2.42. The summed E-state index contributed by atoms with van der Waals surface area (Å²) in [4.78, 5) is 47.3. The van der Waals surface area contributed by atoms with E-state index in [0.717, 1.165) is 0 Å². The van der Waals surface area contributed by atoms with Crippen LogP contribution in [0.1, 0.15) is 28.4 Å². The number of non-ortho nitro benzene ring substituents is 1. The molecule has 0 radical (unpaired) electrons. The van der Waals surface area contributed by atoms with Crippen LogP contribution < -0.4 is 16.0 Å². The molecule has 3 aromatic rings. The lowest BCUT2D eigenvalue weighted by molar-refractivity contribution is -0.384. The molecule has 9 heteroatoms. The van der Waals surface area contributed by atoms with Crippen LogP contribution in [0.15, 0.2) is 78.5 Å². The minimum Gasteiger partial charge on any atom is -0.322 e. The van der Waals surface area contributed by atoms with Crippen molar-refractivity contribution in [2.24, 2.45) is 0 Å². The summed E-state index contributed by atoms with van der Waals surface area (Å²) in [6, 6.07) is 19.4. The molecule has 0 saturated heterocycles. The summed E-state index contributed by atoms with van der Waals surface area (Å²) in [5, 5.41) is 19.0. The second-order valence-corrected chi connectivity index (χ2v) is 7.40. The van der Waals surface area contributed by atoms with E-state index in [1.54, 1.807) is 55.5 Å². The fraction of sp³-hybridized carbons (Fsp3) is 0.0800. The number of nitrogens with one attached hydrogen (secondary N) is 3. The monoisotopic (exact) mass is 458 g/mol. The maximum Gasteiger partial charge on any atom is 0.272 e.